The highest BCUT2D eigenvalue weighted by atomic mass is 16.5. The van der Waals surface area contributed by atoms with Crippen LogP contribution in [0.5, 0.6) is 5.75 Å². The van der Waals surface area contributed by atoms with E-state index in [1.807, 2.05) is 18.2 Å². The second-order valence-electron chi connectivity index (χ2n) is 6.32. The van der Waals surface area contributed by atoms with E-state index in [-0.39, 0.29) is 5.41 Å². The zero-order chi connectivity index (χ0) is 13.0. The van der Waals surface area contributed by atoms with Gasteiger partial charge in [-0.1, -0.05) is 24.3 Å². The second kappa shape index (κ2) is 3.72. The maximum atomic E-state index is 12.5. The molecule has 1 spiro atoms. The summed E-state index contributed by atoms with van der Waals surface area (Å²) in [7, 11) is 1.70. The van der Waals surface area contributed by atoms with E-state index in [2.05, 4.69) is 12.2 Å². The van der Waals surface area contributed by atoms with Gasteiger partial charge in [-0.25, -0.2) is 0 Å². The first-order valence-electron chi connectivity index (χ1n) is 7.09. The molecule has 1 aromatic rings. The zero-order valence-electron chi connectivity index (χ0n) is 11.2. The molecule has 19 heavy (non-hydrogen) atoms. The predicted octanol–water partition coefficient (Wildman–Crippen LogP) is 3.41. The number of methoxy groups -OCH3 is 1. The van der Waals surface area contributed by atoms with Gasteiger partial charge in [-0.05, 0) is 42.6 Å². The van der Waals surface area contributed by atoms with Crippen LogP contribution in [0.25, 0.3) is 0 Å². The molecule has 0 aromatic heterocycles. The van der Waals surface area contributed by atoms with Crippen molar-refractivity contribution in [1.29, 1.82) is 0 Å². The predicted molar refractivity (Wildman–Crippen MR) is 73.4 cm³/mol. The number of carbonyl (C=O) groups is 1. The minimum atomic E-state index is 0.179. The van der Waals surface area contributed by atoms with Crippen molar-refractivity contribution in [3.63, 3.8) is 0 Å². The van der Waals surface area contributed by atoms with E-state index >= 15 is 0 Å². The van der Waals surface area contributed by atoms with E-state index in [0.717, 1.165) is 29.7 Å². The van der Waals surface area contributed by atoms with Crippen LogP contribution in [-0.2, 0) is 6.42 Å². The van der Waals surface area contributed by atoms with Crippen LogP contribution in [0.15, 0.2) is 30.4 Å². The number of hydrogen-bond acceptors (Lipinski definition) is 2. The van der Waals surface area contributed by atoms with E-state index in [0.29, 0.717) is 17.6 Å². The number of ketones is 1. The molecular weight excluding hydrogens is 236 g/mol. The lowest BCUT2D eigenvalue weighted by Gasteiger charge is -2.39. The fourth-order valence-corrected chi connectivity index (χ4v) is 4.49. The Kier molecular flexibility index (Phi) is 2.21. The van der Waals surface area contributed by atoms with Gasteiger partial charge in [0.2, 0.25) is 0 Å². The number of carbonyl (C=O) groups excluding carboxylic acids is 1. The van der Waals surface area contributed by atoms with Gasteiger partial charge in [0.05, 0.1) is 7.11 Å². The summed E-state index contributed by atoms with van der Waals surface area (Å²) in [4.78, 5) is 12.5. The summed E-state index contributed by atoms with van der Waals surface area (Å²) in [5.41, 5.74) is 2.21. The van der Waals surface area contributed by atoms with E-state index < -0.39 is 0 Å². The molecular formula is C17H18O2. The van der Waals surface area contributed by atoms with Gasteiger partial charge in [0, 0.05) is 17.5 Å². The van der Waals surface area contributed by atoms with Gasteiger partial charge in [0.1, 0.15) is 5.75 Å². The summed E-state index contributed by atoms with van der Waals surface area (Å²) in [5, 5.41) is 0. The quantitative estimate of drug-likeness (QED) is 0.718. The van der Waals surface area contributed by atoms with Crippen molar-refractivity contribution in [2.24, 2.45) is 17.3 Å². The average Bonchev–Trinajstić information content (AvgIpc) is 2.98. The number of rotatable bonds is 1. The van der Waals surface area contributed by atoms with Gasteiger partial charge >= 0.3 is 0 Å². The number of hydrogen-bond donors (Lipinski definition) is 0. The Labute approximate surface area is 113 Å². The molecule has 4 rings (SSSR count). The van der Waals surface area contributed by atoms with Gasteiger partial charge in [-0.15, -0.1) is 0 Å². The molecule has 0 amide bonds. The summed E-state index contributed by atoms with van der Waals surface area (Å²) >= 11 is 0. The Hall–Kier alpha value is -1.57. The molecule has 1 aromatic carbocycles. The first-order chi connectivity index (χ1) is 9.22. The van der Waals surface area contributed by atoms with Crippen LogP contribution in [0, 0.1) is 17.3 Å². The van der Waals surface area contributed by atoms with Crippen molar-refractivity contribution < 1.29 is 9.53 Å². The summed E-state index contributed by atoms with van der Waals surface area (Å²) in [6.45, 7) is 0. The fourth-order valence-electron chi connectivity index (χ4n) is 4.49. The minimum absolute atomic E-state index is 0.179. The summed E-state index contributed by atoms with van der Waals surface area (Å²) in [5.74, 6) is 2.49. The molecule has 1 fully saturated rings. The Morgan fingerprint density at radius 3 is 2.84 bits per heavy atom. The van der Waals surface area contributed by atoms with Crippen LogP contribution in [0.2, 0.25) is 0 Å². The first kappa shape index (κ1) is 11.3. The highest BCUT2D eigenvalue weighted by Gasteiger charge is 2.51. The van der Waals surface area contributed by atoms with Crippen LogP contribution in [0.1, 0.15) is 35.2 Å². The van der Waals surface area contributed by atoms with E-state index in [1.54, 1.807) is 7.11 Å². The molecule has 98 valence electrons. The fraction of sp³-hybridized carbons (Fsp3) is 0.471. The largest absolute Gasteiger partial charge is 0.496 e. The third kappa shape index (κ3) is 1.46. The molecule has 0 N–H and O–H groups in total. The molecule has 1 saturated carbocycles. The third-order valence-corrected chi connectivity index (χ3v) is 5.32. The molecule has 3 atom stereocenters. The summed E-state index contributed by atoms with van der Waals surface area (Å²) < 4.78 is 5.47. The van der Waals surface area contributed by atoms with Crippen LogP contribution < -0.4 is 4.74 Å². The topological polar surface area (TPSA) is 26.3 Å². The van der Waals surface area contributed by atoms with Crippen molar-refractivity contribution in [3.05, 3.63) is 41.5 Å². The lowest BCUT2D eigenvalue weighted by molar-refractivity contribution is 0.0845. The smallest absolute Gasteiger partial charge is 0.163 e. The Bertz CT molecular complexity index is 587. The van der Waals surface area contributed by atoms with Crippen LogP contribution >= 0.6 is 0 Å². The van der Waals surface area contributed by atoms with E-state index in [9.17, 15) is 4.79 Å². The van der Waals surface area contributed by atoms with Gasteiger partial charge < -0.3 is 4.74 Å². The molecule has 3 aliphatic carbocycles. The molecule has 0 heterocycles. The second-order valence-corrected chi connectivity index (χ2v) is 6.32. The van der Waals surface area contributed by atoms with Gasteiger partial charge in [-0.3, -0.25) is 4.79 Å². The van der Waals surface area contributed by atoms with Crippen molar-refractivity contribution in [2.75, 3.05) is 7.11 Å². The number of Topliss-reactive ketones (excluding diaryl/α,β-unsaturated/α-hetero) is 1. The average molecular weight is 254 g/mol. The normalized spacial score (nSPS) is 34.9. The van der Waals surface area contributed by atoms with Crippen molar-refractivity contribution >= 4 is 5.78 Å². The van der Waals surface area contributed by atoms with Crippen LogP contribution in [0.4, 0.5) is 0 Å². The third-order valence-electron chi connectivity index (χ3n) is 5.32. The van der Waals surface area contributed by atoms with Gasteiger partial charge in [0.25, 0.3) is 0 Å². The summed E-state index contributed by atoms with van der Waals surface area (Å²) in [6, 6.07) is 5.86. The molecule has 0 aliphatic heterocycles. The van der Waals surface area contributed by atoms with Crippen molar-refractivity contribution in [2.45, 2.75) is 25.7 Å². The Morgan fingerprint density at radius 2 is 2.16 bits per heavy atom. The van der Waals surface area contributed by atoms with E-state index in [1.165, 1.54) is 12.8 Å². The van der Waals surface area contributed by atoms with E-state index in [4.69, 9.17) is 4.74 Å². The zero-order valence-corrected chi connectivity index (χ0v) is 11.2. The van der Waals surface area contributed by atoms with Crippen LogP contribution in [-0.4, -0.2) is 12.9 Å². The number of ether oxygens (including phenoxy) is 1. The SMILES string of the molecule is COc1cccc2c1CC1(CC2=O)CC2C=CC1C2. The Morgan fingerprint density at radius 1 is 1.26 bits per heavy atom. The van der Waals surface area contributed by atoms with Crippen LogP contribution in [0.3, 0.4) is 0 Å². The number of fused-ring (bicyclic) bond motifs is 4. The molecule has 2 heteroatoms. The molecule has 0 saturated heterocycles. The monoisotopic (exact) mass is 254 g/mol. The lowest BCUT2D eigenvalue weighted by atomic mass is 9.64. The molecule has 3 unspecified atom stereocenters. The first-order valence-corrected chi connectivity index (χ1v) is 7.09. The lowest BCUT2D eigenvalue weighted by Crippen LogP contribution is -2.36. The Balaban J connectivity index is 1.82. The van der Waals surface area contributed by atoms with Crippen molar-refractivity contribution in [1.82, 2.24) is 0 Å². The highest BCUT2D eigenvalue weighted by Crippen LogP contribution is 2.58. The molecule has 0 radical (unpaired) electrons. The highest BCUT2D eigenvalue weighted by molar-refractivity contribution is 5.99. The number of benzene rings is 1. The molecule has 3 aliphatic rings. The number of allylic oxidation sites excluding steroid dienone is 2. The maximum Gasteiger partial charge on any atom is 0.163 e. The molecule has 2 nitrogen and oxygen atoms in total. The summed E-state index contributed by atoms with van der Waals surface area (Å²) in [6.07, 6.45) is 8.84. The maximum absolute atomic E-state index is 12.5. The minimum Gasteiger partial charge on any atom is -0.496 e. The van der Waals surface area contributed by atoms with Gasteiger partial charge in [-0.2, -0.15) is 0 Å². The van der Waals surface area contributed by atoms with Gasteiger partial charge in [0.15, 0.2) is 5.78 Å². The standard InChI is InChI=1S/C17H18O2/c1-19-16-4-2-3-13-14(16)9-17(10-15(13)18)8-11-5-6-12(17)7-11/h2-6,11-12H,7-10H2,1H3. The molecule has 2 bridgehead atoms. The van der Waals surface area contributed by atoms with Crippen molar-refractivity contribution in [3.8, 4) is 5.75 Å².